The fourth-order valence-corrected chi connectivity index (χ4v) is 8.38. The lowest BCUT2D eigenvalue weighted by Gasteiger charge is -2.43. The molecule has 3 rings (SSSR count). The van der Waals surface area contributed by atoms with Gasteiger partial charge >= 0.3 is 8.56 Å². The number of hydrogen-bond donors (Lipinski definition) is 0. The van der Waals surface area contributed by atoms with E-state index in [1.165, 1.54) is 12.8 Å². The van der Waals surface area contributed by atoms with Crippen LogP contribution in [-0.4, -0.2) is 28.9 Å². The number of benzene rings is 2. The predicted octanol–water partition coefficient (Wildman–Crippen LogP) is 7.08. The van der Waals surface area contributed by atoms with Gasteiger partial charge in [0.1, 0.15) is 12.2 Å². The third-order valence-corrected chi connectivity index (χ3v) is 9.98. The van der Waals surface area contributed by atoms with E-state index in [0.717, 1.165) is 43.2 Å². The van der Waals surface area contributed by atoms with E-state index in [-0.39, 0.29) is 0 Å². The summed E-state index contributed by atoms with van der Waals surface area (Å²) >= 11 is 0. The first-order valence-electron chi connectivity index (χ1n) is 12.4. The first kappa shape index (κ1) is 26.2. The Hall–Kier alpha value is -2.42. The molecule has 0 bridgehead atoms. The van der Waals surface area contributed by atoms with E-state index >= 15 is 0 Å². The molecule has 1 saturated carbocycles. The zero-order chi connectivity index (χ0) is 24.1. The lowest BCUT2D eigenvalue weighted by atomic mass is 9.82. The molecule has 0 N–H and O–H groups in total. The van der Waals surface area contributed by atoms with Crippen molar-refractivity contribution in [3.8, 4) is 11.5 Å². The molecule has 0 radical (unpaired) electrons. The second-order valence-corrected chi connectivity index (χ2v) is 11.7. The average Bonchev–Trinajstić information content (AvgIpc) is 3.43. The van der Waals surface area contributed by atoms with Crippen LogP contribution in [0.3, 0.4) is 0 Å². The van der Waals surface area contributed by atoms with Crippen LogP contribution in [0.25, 0.3) is 0 Å². The second-order valence-electron chi connectivity index (χ2n) is 8.80. The Morgan fingerprint density at radius 3 is 2.06 bits per heavy atom. The maximum absolute atomic E-state index is 7.48. The normalized spacial score (nSPS) is 15.8. The number of allylic oxidation sites excluding steroid dienone is 1. The van der Waals surface area contributed by atoms with Gasteiger partial charge in [0.25, 0.3) is 0 Å². The van der Waals surface area contributed by atoms with Crippen LogP contribution in [0.4, 0.5) is 0 Å². The molecule has 3 nitrogen and oxygen atoms in total. The molecule has 1 fully saturated rings. The smallest absolute Gasteiger partial charge is 0.385 e. The SMILES string of the molecule is C=CCCO[Si](C#CCOC)(OC(CCC=C)(c1ccccc1)c1ccccc1)C1CCCC1. The maximum atomic E-state index is 7.48. The van der Waals surface area contributed by atoms with Crippen molar-refractivity contribution in [1.29, 1.82) is 0 Å². The van der Waals surface area contributed by atoms with Gasteiger partial charge in [-0.25, -0.2) is 0 Å². The van der Waals surface area contributed by atoms with Crippen LogP contribution in [0.5, 0.6) is 0 Å². The van der Waals surface area contributed by atoms with Crippen LogP contribution < -0.4 is 0 Å². The number of rotatable bonds is 13. The topological polar surface area (TPSA) is 27.7 Å². The van der Waals surface area contributed by atoms with Crippen molar-refractivity contribution in [1.82, 2.24) is 0 Å². The molecule has 34 heavy (non-hydrogen) atoms. The largest absolute Gasteiger partial charge is 0.428 e. The van der Waals surface area contributed by atoms with Crippen LogP contribution in [0, 0.1) is 11.5 Å². The van der Waals surface area contributed by atoms with Crippen molar-refractivity contribution < 1.29 is 13.6 Å². The van der Waals surface area contributed by atoms with E-state index in [1.54, 1.807) is 7.11 Å². The molecular weight excluding hydrogens is 436 g/mol. The van der Waals surface area contributed by atoms with E-state index in [0.29, 0.717) is 18.8 Å². The fraction of sp³-hybridized carbons (Fsp3) is 0.400. The molecule has 0 heterocycles. The highest BCUT2D eigenvalue weighted by Gasteiger charge is 2.53. The van der Waals surface area contributed by atoms with Gasteiger partial charge in [-0.15, -0.1) is 13.2 Å². The Balaban J connectivity index is 2.20. The van der Waals surface area contributed by atoms with Gasteiger partial charge in [-0.05, 0) is 43.2 Å². The van der Waals surface area contributed by atoms with Gasteiger partial charge in [0, 0.05) is 19.3 Å². The average molecular weight is 475 g/mol. The molecule has 1 aliphatic carbocycles. The lowest BCUT2D eigenvalue weighted by molar-refractivity contribution is 0.0443. The Morgan fingerprint density at radius 1 is 0.941 bits per heavy atom. The van der Waals surface area contributed by atoms with Gasteiger partial charge in [-0.2, -0.15) is 0 Å². The van der Waals surface area contributed by atoms with Crippen molar-refractivity contribution >= 4 is 8.56 Å². The summed E-state index contributed by atoms with van der Waals surface area (Å²) < 4.78 is 19.6. The Bertz CT molecular complexity index is 902. The van der Waals surface area contributed by atoms with Crippen LogP contribution in [0.2, 0.25) is 5.54 Å². The third kappa shape index (κ3) is 6.37. The third-order valence-electron chi connectivity index (χ3n) is 6.52. The number of methoxy groups -OCH3 is 1. The van der Waals surface area contributed by atoms with Crippen molar-refractivity contribution in [2.75, 3.05) is 20.3 Å². The van der Waals surface area contributed by atoms with Crippen molar-refractivity contribution in [3.63, 3.8) is 0 Å². The molecule has 1 atom stereocenters. The van der Waals surface area contributed by atoms with Gasteiger partial charge in [0.15, 0.2) is 0 Å². The minimum atomic E-state index is -3.01. The Morgan fingerprint density at radius 2 is 1.53 bits per heavy atom. The Labute approximate surface area is 207 Å². The molecule has 0 aromatic heterocycles. The van der Waals surface area contributed by atoms with E-state index in [1.807, 2.05) is 24.3 Å². The van der Waals surface area contributed by atoms with Crippen LogP contribution >= 0.6 is 0 Å². The summed E-state index contributed by atoms with van der Waals surface area (Å²) in [7, 11) is -1.34. The van der Waals surface area contributed by atoms with Gasteiger partial charge in [-0.1, -0.05) is 97.1 Å². The first-order chi connectivity index (χ1) is 16.7. The van der Waals surface area contributed by atoms with Gasteiger partial charge in [-0.3, -0.25) is 0 Å². The summed E-state index contributed by atoms with van der Waals surface area (Å²) in [5, 5.41) is 0. The van der Waals surface area contributed by atoms with Crippen molar-refractivity contribution in [2.24, 2.45) is 0 Å². The van der Waals surface area contributed by atoms with Crippen molar-refractivity contribution in [2.45, 2.75) is 56.1 Å². The van der Waals surface area contributed by atoms with Gasteiger partial charge < -0.3 is 13.6 Å². The summed E-state index contributed by atoms with van der Waals surface area (Å²) in [6.45, 7) is 8.84. The molecule has 0 spiro atoms. The Kier molecular flexibility index (Phi) is 10.4. The zero-order valence-corrected chi connectivity index (χ0v) is 21.5. The van der Waals surface area contributed by atoms with Gasteiger partial charge in [0.2, 0.25) is 0 Å². The fourth-order valence-electron chi connectivity index (χ4n) is 4.83. The summed E-state index contributed by atoms with van der Waals surface area (Å²) in [6, 6.07) is 21.1. The highest BCUT2D eigenvalue weighted by atomic mass is 28.4. The molecule has 1 unspecified atom stereocenters. The standard InChI is InChI=1S/C30H38O3Si/c1-4-6-23-30(27-17-10-8-11-18-27,28-19-12-9-13-20-28)33-34(26-16-24-31-3,32-25-7-5-2)29-21-14-15-22-29/h4-5,8-13,17-20,29H,1-2,6-7,14-15,21-25H2,3H3. The maximum Gasteiger partial charge on any atom is 0.428 e. The molecule has 0 amide bonds. The summed E-state index contributed by atoms with van der Waals surface area (Å²) in [6.07, 6.45) is 10.8. The molecule has 0 saturated heterocycles. The van der Waals surface area contributed by atoms with E-state index < -0.39 is 14.2 Å². The first-order valence-corrected chi connectivity index (χ1v) is 14.3. The minimum absolute atomic E-state index is 0.317. The zero-order valence-electron chi connectivity index (χ0n) is 20.5. The molecular formula is C30H38O3Si. The summed E-state index contributed by atoms with van der Waals surface area (Å²) in [4.78, 5) is 0. The quantitative estimate of drug-likeness (QED) is 0.134. The molecule has 2 aromatic carbocycles. The molecule has 4 heteroatoms. The van der Waals surface area contributed by atoms with E-state index in [9.17, 15) is 0 Å². The summed E-state index contributed by atoms with van der Waals surface area (Å²) in [5.41, 5.74) is 5.45. The van der Waals surface area contributed by atoms with Crippen molar-refractivity contribution in [3.05, 3.63) is 97.1 Å². The van der Waals surface area contributed by atoms with E-state index in [2.05, 4.69) is 73.2 Å². The van der Waals surface area contributed by atoms with Crippen LogP contribution in [-0.2, 0) is 19.2 Å². The summed E-state index contributed by atoms with van der Waals surface area (Å²) in [5.74, 6) is 3.25. The van der Waals surface area contributed by atoms with E-state index in [4.69, 9.17) is 13.6 Å². The lowest BCUT2D eigenvalue weighted by Crippen LogP contribution is -2.52. The van der Waals surface area contributed by atoms with Gasteiger partial charge in [0.05, 0.1) is 0 Å². The minimum Gasteiger partial charge on any atom is -0.385 e. The van der Waals surface area contributed by atoms with Crippen LogP contribution in [0.1, 0.15) is 56.1 Å². The highest BCUT2D eigenvalue weighted by molar-refractivity contribution is 6.77. The van der Waals surface area contributed by atoms with Crippen LogP contribution in [0.15, 0.2) is 86.0 Å². The molecule has 2 aromatic rings. The monoisotopic (exact) mass is 474 g/mol. The molecule has 1 aliphatic rings. The molecule has 180 valence electrons. The second kappa shape index (κ2) is 13.5. The predicted molar refractivity (Wildman–Crippen MR) is 143 cm³/mol. The number of ether oxygens (including phenoxy) is 1. The molecule has 0 aliphatic heterocycles. The highest BCUT2D eigenvalue weighted by Crippen LogP contribution is 2.47. The number of hydrogen-bond acceptors (Lipinski definition) is 3.